The lowest BCUT2D eigenvalue weighted by molar-refractivity contribution is -0.114. The van der Waals surface area contributed by atoms with Crippen molar-refractivity contribution in [3.8, 4) is 5.75 Å². The van der Waals surface area contributed by atoms with E-state index in [-0.39, 0.29) is 6.54 Å². The van der Waals surface area contributed by atoms with Crippen molar-refractivity contribution in [3.63, 3.8) is 0 Å². The molecular formula is C18H21ClN2O4S. The second kappa shape index (κ2) is 8.42. The Morgan fingerprint density at radius 2 is 1.85 bits per heavy atom. The van der Waals surface area contributed by atoms with Gasteiger partial charge in [0.25, 0.3) is 0 Å². The fourth-order valence-corrected chi connectivity index (χ4v) is 3.37. The molecule has 0 aliphatic carbocycles. The van der Waals surface area contributed by atoms with Crippen LogP contribution in [0.25, 0.3) is 0 Å². The molecule has 1 N–H and O–H groups in total. The molecule has 2 aromatic rings. The average molecular weight is 397 g/mol. The number of nitrogens with one attached hydrogen (secondary N) is 1. The first-order valence-corrected chi connectivity index (χ1v) is 10.2. The molecule has 0 saturated carbocycles. The molecule has 2 rings (SSSR count). The molecular weight excluding hydrogens is 376 g/mol. The van der Waals surface area contributed by atoms with Crippen LogP contribution in [-0.2, 0) is 14.8 Å². The van der Waals surface area contributed by atoms with Crippen LogP contribution in [0.5, 0.6) is 5.75 Å². The Labute approximate surface area is 158 Å². The normalized spacial score (nSPS) is 11.1. The SMILES string of the molecule is CCOc1ccc(N(CC(=O)Nc2cccc(Cl)c2C)S(C)(=O)=O)cc1. The van der Waals surface area contributed by atoms with Crippen LogP contribution >= 0.6 is 11.6 Å². The van der Waals surface area contributed by atoms with Crippen LogP contribution in [0.3, 0.4) is 0 Å². The van der Waals surface area contributed by atoms with Gasteiger partial charge in [0, 0.05) is 10.7 Å². The number of sulfonamides is 1. The molecule has 0 unspecified atom stereocenters. The molecule has 1 amide bonds. The Bertz CT molecular complexity index is 883. The van der Waals surface area contributed by atoms with Crippen LogP contribution < -0.4 is 14.4 Å². The van der Waals surface area contributed by atoms with E-state index in [1.54, 1.807) is 49.4 Å². The molecule has 0 atom stereocenters. The van der Waals surface area contributed by atoms with Crippen LogP contribution in [0.15, 0.2) is 42.5 Å². The second-order valence-electron chi connectivity index (χ2n) is 5.66. The van der Waals surface area contributed by atoms with E-state index in [1.165, 1.54) is 0 Å². The van der Waals surface area contributed by atoms with E-state index < -0.39 is 15.9 Å². The van der Waals surface area contributed by atoms with Crippen molar-refractivity contribution < 1.29 is 17.9 Å². The van der Waals surface area contributed by atoms with Gasteiger partial charge in [0.15, 0.2) is 0 Å². The lowest BCUT2D eigenvalue weighted by atomic mass is 10.2. The number of carbonyl (C=O) groups excluding carboxylic acids is 1. The predicted octanol–water partition coefficient (Wildman–Crippen LogP) is 3.45. The molecule has 0 heterocycles. The first kappa shape index (κ1) is 20.1. The molecule has 0 spiro atoms. The van der Waals surface area contributed by atoms with E-state index in [9.17, 15) is 13.2 Å². The van der Waals surface area contributed by atoms with Gasteiger partial charge in [-0.1, -0.05) is 17.7 Å². The first-order chi connectivity index (χ1) is 12.2. The van der Waals surface area contributed by atoms with Crippen molar-refractivity contribution in [1.29, 1.82) is 0 Å². The number of hydrogen-bond donors (Lipinski definition) is 1. The highest BCUT2D eigenvalue weighted by Crippen LogP contribution is 2.24. The Balaban J connectivity index is 2.20. The minimum Gasteiger partial charge on any atom is -0.494 e. The molecule has 26 heavy (non-hydrogen) atoms. The van der Waals surface area contributed by atoms with Gasteiger partial charge in [0.1, 0.15) is 12.3 Å². The highest BCUT2D eigenvalue weighted by atomic mass is 35.5. The number of rotatable bonds is 7. The summed E-state index contributed by atoms with van der Waals surface area (Å²) in [5.74, 6) is 0.165. The summed E-state index contributed by atoms with van der Waals surface area (Å²) >= 11 is 6.04. The maximum Gasteiger partial charge on any atom is 0.245 e. The van der Waals surface area contributed by atoms with Crippen molar-refractivity contribution in [2.75, 3.05) is 29.0 Å². The van der Waals surface area contributed by atoms with Crippen LogP contribution in [-0.4, -0.2) is 33.7 Å². The molecule has 2 aromatic carbocycles. The predicted molar refractivity (Wildman–Crippen MR) is 105 cm³/mol. The van der Waals surface area contributed by atoms with Gasteiger partial charge in [0.2, 0.25) is 15.9 Å². The van der Waals surface area contributed by atoms with E-state index >= 15 is 0 Å². The summed E-state index contributed by atoms with van der Waals surface area (Å²) in [6.07, 6.45) is 1.06. The van der Waals surface area contributed by atoms with Gasteiger partial charge >= 0.3 is 0 Å². The molecule has 0 aliphatic rings. The summed E-state index contributed by atoms with van der Waals surface area (Å²) in [6.45, 7) is 3.80. The molecule has 0 aliphatic heterocycles. The smallest absolute Gasteiger partial charge is 0.245 e. The molecule has 0 bridgehead atoms. The fourth-order valence-electron chi connectivity index (χ4n) is 2.34. The number of ether oxygens (including phenoxy) is 1. The number of amides is 1. The lowest BCUT2D eigenvalue weighted by Gasteiger charge is -2.22. The van der Waals surface area contributed by atoms with E-state index in [1.807, 2.05) is 6.92 Å². The van der Waals surface area contributed by atoms with E-state index in [0.29, 0.717) is 28.8 Å². The Kier molecular flexibility index (Phi) is 6.50. The van der Waals surface area contributed by atoms with Crippen molar-refractivity contribution in [2.45, 2.75) is 13.8 Å². The van der Waals surface area contributed by atoms with E-state index in [2.05, 4.69) is 5.32 Å². The number of hydrogen-bond acceptors (Lipinski definition) is 4. The van der Waals surface area contributed by atoms with Crippen molar-refractivity contribution in [2.24, 2.45) is 0 Å². The van der Waals surface area contributed by atoms with Gasteiger partial charge in [-0.15, -0.1) is 0 Å². The molecule has 8 heteroatoms. The highest BCUT2D eigenvalue weighted by molar-refractivity contribution is 7.92. The first-order valence-electron chi connectivity index (χ1n) is 7.98. The summed E-state index contributed by atoms with van der Waals surface area (Å²) in [5, 5.41) is 3.22. The number of nitrogens with zero attached hydrogens (tertiary/aromatic N) is 1. The molecule has 0 radical (unpaired) electrons. The molecule has 0 aromatic heterocycles. The standard InChI is InChI=1S/C18H21ClN2O4S/c1-4-25-15-10-8-14(9-11-15)21(26(3,23)24)12-18(22)20-17-7-5-6-16(19)13(17)2/h5-11H,4,12H2,1-3H3,(H,20,22). The number of anilines is 2. The van der Waals surface area contributed by atoms with Crippen LogP contribution in [0.2, 0.25) is 5.02 Å². The lowest BCUT2D eigenvalue weighted by Crippen LogP contribution is -2.37. The molecule has 6 nitrogen and oxygen atoms in total. The summed E-state index contributed by atoms with van der Waals surface area (Å²) < 4.78 is 30.7. The summed E-state index contributed by atoms with van der Waals surface area (Å²) in [6, 6.07) is 11.7. The zero-order valence-corrected chi connectivity index (χ0v) is 16.4. The summed E-state index contributed by atoms with van der Waals surface area (Å²) in [5.41, 5.74) is 1.64. The van der Waals surface area contributed by atoms with Gasteiger partial charge in [-0.05, 0) is 55.8 Å². The molecule has 140 valence electrons. The maximum absolute atomic E-state index is 12.4. The third-order valence-electron chi connectivity index (χ3n) is 3.67. The minimum atomic E-state index is -3.64. The summed E-state index contributed by atoms with van der Waals surface area (Å²) in [7, 11) is -3.64. The Hall–Kier alpha value is -2.25. The Morgan fingerprint density at radius 1 is 1.19 bits per heavy atom. The largest absolute Gasteiger partial charge is 0.494 e. The Morgan fingerprint density at radius 3 is 2.42 bits per heavy atom. The summed E-state index contributed by atoms with van der Waals surface area (Å²) in [4.78, 5) is 12.4. The van der Waals surface area contributed by atoms with Crippen LogP contribution in [0.4, 0.5) is 11.4 Å². The average Bonchev–Trinajstić information content (AvgIpc) is 2.57. The quantitative estimate of drug-likeness (QED) is 0.777. The van der Waals surface area contributed by atoms with Gasteiger partial charge in [-0.3, -0.25) is 9.10 Å². The highest BCUT2D eigenvalue weighted by Gasteiger charge is 2.21. The van der Waals surface area contributed by atoms with E-state index in [4.69, 9.17) is 16.3 Å². The minimum absolute atomic E-state index is 0.348. The molecule has 0 saturated heterocycles. The monoisotopic (exact) mass is 396 g/mol. The third-order valence-corrected chi connectivity index (χ3v) is 5.22. The van der Waals surface area contributed by atoms with Gasteiger partial charge < -0.3 is 10.1 Å². The second-order valence-corrected chi connectivity index (χ2v) is 7.97. The van der Waals surface area contributed by atoms with Crippen LogP contribution in [0, 0.1) is 6.92 Å². The van der Waals surface area contributed by atoms with Gasteiger partial charge in [0.05, 0.1) is 18.6 Å². The van der Waals surface area contributed by atoms with Crippen molar-refractivity contribution in [1.82, 2.24) is 0 Å². The number of carbonyl (C=O) groups is 1. The van der Waals surface area contributed by atoms with E-state index in [0.717, 1.165) is 16.1 Å². The van der Waals surface area contributed by atoms with Crippen LogP contribution in [0.1, 0.15) is 12.5 Å². The number of halogens is 1. The zero-order valence-electron chi connectivity index (χ0n) is 14.8. The van der Waals surface area contributed by atoms with Gasteiger partial charge in [-0.25, -0.2) is 8.42 Å². The number of benzene rings is 2. The third kappa shape index (κ3) is 5.12. The van der Waals surface area contributed by atoms with Crippen molar-refractivity contribution in [3.05, 3.63) is 53.1 Å². The maximum atomic E-state index is 12.4. The fraction of sp³-hybridized carbons (Fsp3) is 0.278. The molecule has 0 fully saturated rings. The van der Waals surface area contributed by atoms with Crippen molar-refractivity contribution >= 4 is 38.9 Å². The van der Waals surface area contributed by atoms with Gasteiger partial charge in [-0.2, -0.15) is 0 Å². The zero-order chi connectivity index (χ0) is 19.3. The topological polar surface area (TPSA) is 75.7 Å².